The summed E-state index contributed by atoms with van der Waals surface area (Å²) < 4.78 is 4.47. The highest BCUT2D eigenvalue weighted by molar-refractivity contribution is 5.69. The smallest absolute Gasteiger partial charge is 0.306 e. The van der Waals surface area contributed by atoms with Gasteiger partial charge in [0.1, 0.15) is 0 Å². The Morgan fingerprint density at radius 3 is 2.33 bits per heavy atom. The van der Waals surface area contributed by atoms with Crippen molar-refractivity contribution in [2.24, 2.45) is 5.41 Å². The molecule has 0 aliphatic heterocycles. The molecule has 0 aliphatic carbocycles. The maximum absolute atomic E-state index is 10.8. The van der Waals surface area contributed by atoms with Crippen molar-refractivity contribution in [3.8, 4) is 0 Å². The van der Waals surface area contributed by atoms with Crippen molar-refractivity contribution in [1.82, 2.24) is 0 Å². The minimum atomic E-state index is -1.37. The highest BCUT2D eigenvalue weighted by Gasteiger charge is 2.24. The predicted molar refractivity (Wildman–Crippen MR) is 43.3 cm³/mol. The van der Waals surface area contributed by atoms with Crippen LogP contribution in [0.3, 0.4) is 0 Å². The lowest BCUT2D eigenvalue weighted by Crippen LogP contribution is -2.23. The van der Waals surface area contributed by atoms with E-state index in [9.17, 15) is 4.79 Å². The summed E-state index contributed by atoms with van der Waals surface area (Å²) in [5.74, 6) is -0.333. The number of methoxy groups -OCH3 is 1. The molecule has 0 aliphatic rings. The van der Waals surface area contributed by atoms with Gasteiger partial charge in [-0.05, 0) is 5.41 Å². The normalized spacial score (nSPS) is 11.8. The number of rotatable bonds is 4. The van der Waals surface area contributed by atoms with Crippen molar-refractivity contribution in [1.29, 1.82) is 0 Å². The van der Waals surface area contributed by atoms with Gasteiger partial charge in [-0.15, -0.1) is 0 Å². The summed E-state index contributed by atoms with van der Waals surface area (Å²) in [6.45, 7) is 3.56. The minimum absolute atomic E-state index is 0.169. The Morgan fingerprint density at radius 2 is 2.00 bits per heavy atom. The van der Waals surface area contributed by atoms with Crippen LogP contribution in [-0.2, 0) is 9.53 Å². The number of carbonyl (C=O) groups excluding carboxylic acids is 1. The van der Waals surface area contributed by atoms with E-state index in [1.165, 1.54) is 7.11 Å². The Morgan fingerprint density at radius 1 is 1.50 bits per heavy atom. The SMILES string of the molecule is COC(=O)CC(C)(C)CC(O)O. The molecule has 0 unspecified atom stereocenters. The molecule has 0 aromatic rings. The molecule has 0 spiro atoms. The van der Waals surface area contributed by atoms with Gasteiger partial charge in [-0.1, -0.05) is 13.8 Å². The zero-order valence-corrected chi connectivity index (χ0v) is 7.70. The molecule has 72 valence electrons. The summed E-state index contributed by atoms with van der Waals surface area (Å²) in [4.78, 5) is 10.8. The molecule has 0 bridgehead atoms. The molecule has 0 radical (unpaired) electrons. The first kappa shape index (κ1) is 11.4. The number of aliphatic hydroxyl groups is 2. The van der Waals surface area contributed by atoms with Gasteiger partial charge in [-0.3, -0.25) is 4.79 Å². The van der Waals surface area contributed by atoms with E-state index >= 15 is 0 Å². The zero-order chi connectivity index (χ0) is 9.78. The Kier molecular flexibility index (Phi) is 4.20. The van der Waals surface area contributed by atoms with E-state index in [1.54, 1.807) is 13.8 Å². The van der Waals surface area contributed by atoms with Crippen molar-refractivity contribution >= 4 is 5.97 Å². The Hall–Kier alpha value is -0.610. The van der Waals surface area contributed by atoms with Crippen molar-refractivity contribution in [2.45, 2.75) is 33.0 Å². The third-order valence-corrected chi connectivity index (χ3v) is 1.59. The second-order valence-corrected chi connectivity index (χ2v) is 3.60. The van der Waals surface area contributed by atoms with E-state index < -0.39 is 11.7 Å². The van der Waals surface area contributed by atoms with Gasteiger partial charge in [0.15, 0.2) is 6.29 Å². The van der Waals surface area contributed by atoms with Crippen LogP contribution in [0.25, 0.3) is 0 Å². The lowest BCUT2D eigenvalue weighted by molar-refractivity contribution is -0.144. The van der Waals surface area contributed by atoms with Gasteiger partial charge in [0.2, 0.25) is 0 Å². The number of hydrogen-bond donors (Lipinski definition) is 2. The van der Waals surface area contributed by atoms with Crippen LogP contribution in [0.2, 0.25) is 0 Å². The Balaban J connectivity index is 3.94. The summed E-state index contributed by atoms with van der Waals surface area (Å²) in [6, 6.07) is 0. The quantitative estimate of drug-likeness (QED) is 0.477. The number of aliphatic hydroxyl groups excluding tert-OH is 1. The molecule has 0 amide bonds. The van der Waals surface area contributed by atoms with Crippen LogP contribution in [-0.4, -0.2) is 29.6 Å². The first-order chi connectivity index (χ1) is 5.37. The largest absolute Gasteiger partial charge is 0.469 e. The molecule has 0 heterocycles. The van der Waals surface area contributed by atoms with Crippen molar-refractivity contribution in [3.05, 3.63) is 0 Å². The number of ether oxygens (including phenoxy) is 1. The molecule has 0 atom stereocenters. The molecule has 0 fully saturated rings. The van der Waals surface area contributed by atoms with Gasteiger partial charge in [-0.2, -0.15) is 0 Å². The van der Waals surface area contributed by atoms with E-state index in [0.717, 1.165) is 0 Å². The highest BCUT2D eigenvalue weighted by atomic mass is 16.5. The van der Waals surface area contributed by atoms with Crippen LogP contribution in [0.15, 0.2) is 0 Å². The first-order valence-corrected chi connectivity index (χ1v) is 3.80. The summed E-state index contributed by atoms with van der Waals surface area (Å²) in [5.41, 5.74) is -0.429. The van der Waals surface area contributed by atoms with Gasteiger partial charge in [0.25, 0.3) is 0 Å². The average molecular weight is 176 g/mol. The molecule has 12 heavy (non-hydrogen) atoms. The Labute approximate surface area is 72.2 Å². The molecule has 0 aromatic carbocycles. The maximum atomic E-state index is 10.8. The number of hydrogen-bond acceptors (Lipinski definition) is 4. The average Bonchev–Trinajstić information content (AvgIpc) is 1.83. The zero-order valence-electron chi connectivity index (χ0n) is 7.70. The maximum Gasteiger partial charge on any atom is 0.306 e. The number of carbonyl (C=O) groups is 1. The van der Waals surface area contributed by atoms with Crippen molar-refractivity contribution in [2.75, 3.05) is 7.11 Å². The number of esters is 1. The molecular formula is C8H16O4. The predicted octanol–water partition coefficient (Wildman–Crippen LogP) is 0.277. The fourth-order valence-corrected chi connectivity index (χ4v) is 1.03. The first-order valence-electron chi connectivity index (χ1n) is 3.80. The molecule has 4 nitrogen and oxygen atoms in total. The third-order valence-electron chi connectivity index (χ3n) is 1.59. The van der Waals surface area contributed by atoms with Gasteiger partial charge in [0.05, 0.1) is 13.5 Å². The van der Waals surface area contributed by atoms with Gasteiger partial charge < -0.3 is 14.9 Å². The molecule has 4 heteroatoms. The summed E-state index contributed by atoms with van der Waals surface area (Å²) in [5, 5.41) is 17.4. The van der Waals surface area contributed by atoms with Crippen molar-refractivity contribution in [3.63, 3.8) is 0 Å². The topological polar surface area (TPSA) is 66.8 Å². The summed E-state index contributed by atoms with van der Waals surface area (Å²) >= 11 is 0. The molecule has 0 saturated carbocycles. The second-order valence-electron chi connectivity index (χ2n) is 3.60. The molecular weight excluding hydrogens is 160 g/mol. The standard InChI is InChI=1S/C8H16O4/c1-8(2,4-6(9)10)5-7(11)12-3/h6,9-10H,4-5H2,1-3H3. The van der Waals surface area contributed by atoms with Crippen LogP contribution >= 0.6 is 0 Å². The molecule has 2 N–H and O–H groups in total. The monoisotopic (exact) mass is 176 g/mol. The van der Waals surface area contributed by atoms with Crippen LogP contribution in [0, 0.1) is 5.41 Å². The van der Waals surface area contributed by atoms with Gasteiger partial charge in [0, 0.05) is 6.42 Å². The lowest BCUT2D eigenvalue weighted by atomic mass is 9.85. The van der Waals surface area contributed by atoms with Crippen molar-refractivity contribution < 1.29 is 19.7 Å². The second kappa shape index (κ2) is 4.42. The molecule has 0 saturated heterocycles. The van der Waals surface area contributed by atoms with Gasteiger partial charge in [-0.25, -0.2) is 0 Å². The fraction of sp³-hybridized carbons (Fsp3) is 0.875. The van der Waals surface area contributed by atoms with Gasteiger partial charge >= 0.3 is 5.97 Å². The Bertz CT molecular complexity index is 151. The molecule has 0 rings (SSSR count). The van der Waals surface area contributed by atoms with Crippen LogP contribution in [0.4, 0.5) is 0 Å². The van der Waals surface area contributed by atoms with E-state index in [1.807, 2.05) is 0 Å². The summed E-state index contributed by atoms with van der Waals surface area (Å²) in [7, 11) is 1.31. The summed E-state index contributed by atoms with van der Waals surface area (Å²) in [6.07, 6.45) is -1.01. The van der Waals surface area contributed by atoms with E-state index in [4.69, 9.17) is 10.2 Å². The molecule has 0 aromatic heterocycles. The van der Waals surface area contributed by atoms with E-state index in [-0.39, 0.29) is 18.8 Å². The van der Waals surface area contributed by atoms with E-state index in [0.29, 0.717) is 0 Å². The highest BCUT2D eigenvalue weighted by Crippen LogP contribution is 2.26. The third kappa shape index (κ3) is 5.09. The fourth-order valence-electron chi connectivity index (χ4n) is 1.03. The minimum Gasteiger partial charge on any atom is -0.469 e. The lowest BCUT2D eigenvalue weighted by Gasteiger charge is -2.23. The van der Waals surface area contributed by atoms with E-state index in [2.05, 4.69) is 4.74 Å². The van der Waals surface area contributed by atoms with Crippen LogP contribution in [0.5, 0.6) is 0 Å². The van der Waals surface area contributed by atoms with Crippen LogP contribution in [0.1, 0.15) is 26.7 Å². The van der Waals surface area contributed by atoms with Crippen LogP contribution < -0.4 is 0 Å².